The SMILES string of the molecule is N#CCn1nc(NS(=O)(=O)c2ccccc2)c(-c2ccc(Cl)cc2)c1C#N. The first-order chi connectivity index (χ1) is 13.0. The first-order valence-electron chi connectivity index (χ1n) is 7.68. The van der Waals surface area contributed by atoms with Gasteiger partial charge in [0.15, 0.2) is 5.82 Å². The summed E-state index contributed by atoms with van der Waals surface area (Å²) in [5, 5.41) is 23.2. The second-order valence-electron chi connectivity index (χ2n) is 5.43. The Balaban J connectivity index is 2.16. The van der Waals surface area contributed by atoms with Crippen LogP contribution in [0, 0.1) is 22.7 Å². The van der Waals surface area contributed by atoms with E-state index >= 15 is 0 Å². The summed E-state index contributed by atoms with van der Waals surface area (Å²) in [4.78, 5) is 0.0559. The molecule has 0 spiro atoms. The minimum atomic E-state index is -3.92. The predicted octanol–water partition coefficient (Wildman–Crippen LogP) is 3.40. The molecule has 1 aromatic heterocycles. The standard InChI is InChI=1S/C18H12ClN5O2S/c19-14-8-6-13(7-9-14)17-16(12-21)24(11-10-20)22-18(17)23-27(25,26)15-4-2-1-3-5-15/h1-9H,11H2,(H,22,23). The Morgan fingerprint density at radius 3 is 2.33 bits per heavy atom. The van der Waals surface area contributed by atoms with Crippen molar-refractivity contribution < 1.29 is 8.42 Å². The Hall–Kier alpha value is -3.33. The molecule has 0 aliphatic heterocycles. The Morgan fingerprint density at radius 1 is 1.07 bits per heavy atom. The van der Waals surface area contributed by atoms with Gasteiger partial charge in [-0.05, 0) is 29.8 Å². The van der Waals surface area contributed by atoms with Gasteiger partial charge in [0.1, 0.15) is 18.3 Å². The van der Waals surface area contributed by atoms with E-state index in [9.17, 15) is 13.7 Å². The van der Waals surface area contributed by atoms with Gasteiger partial charge in [0, 0.05) is 5.02 Å². The molecular formula is C18H12ClN5O2S. The molecule has 0 fully saturated rings. The number of aromatic nitrogens is 2. The van der Waals surface area contributed by atoms with Crippen molar-refractivity contribution in [2.75, 3.05) is 4.72 Å². The zero-order valence-corrected chi connectivity index (χ0v) is 15.4. The summed E-state index contributed by atoms with van der Waals surface area (Å²) in [6.07, 6.45) is 0. The quantitative estimate of drug-likeness (QED) is 0.709. The van der Waals surface area contributed by atoms with E-state index < -0.39 is 10.0 Å². The number of halogens is 1. The van der Waals surface area contributed by atoms with Gasteiger partial charge in [-0.2, -0.15) is 15.6 Å². The summed E-state index contributed by atoms with van der Waals surface area (Å²) in [6, 6.07) is 18.2. The van der Waals surface area contributed by atoms with Crippen LogP contribution in [0.1, 0.15) is 5.69 Å². The maximum Gasteiger partial charge on any atom is 0.263 e. The second kappa shape index (κ2) is 7.50. The van der Waals surface area contributed by atoms with E-state index in [1.807, 2.05) is 12.1 Å². The number of sulfonamides is 1. The fourth-order valence-corrected chi connectivity index (χ4v) is 3.66. The first-order valence-corrected chi connectivity index (χ1v) is 9.54. The first kappa shape index (κ1) is 18.5. The lowest BCUT2D eigenvalue weighted by Gasteiger charge is -2.08. The van der Waals surface area contributed by atoms with E-state index in [2.05, 4.69) is 9.82 Å². The number of hydrogen-bond donors (Lipinski definition) is 1. The molecule has 9 heteroatoms. The lowest BCUT2D eigenvalue weighted by molar-refractivity contribution is 0.600. The van der Waals surface area contributed by atoms with Crippen LogP contribution in [0.3, 0.4) is 0 Å². The fourth-order valence-electron chi connectivity index (χ4n) is 2.50. The van der Waals surface area contributed by atoms with Crippen molar-refractivity contribution in [2.45, 2.75) is 11.4 Å². The Bertz CT molecular complexity index is 1160. The Kier molecular flexibility index (Phi) is 5.13. The van der Waals surface area contributed by atoms with Crippen LogP contribution < -0.4 is 4.72 Å². The number of anilines is 1. The number of nitrogens with zero attached hydrogens (tertiary/aromatic N) is 4. The number of hydrogen-bond acceptors (Lipinski definition) is 5. The van der Waals surface area contributed by atoms with Crippen LogP contribution >= 0.6 is 11.6 Å². The van der Waals surface area contributed by atoms with Gasteiger partial charge in [-0.15, -0.1) is 0 Å². The zero-order valence-electron chi connectivity index (χ0n) is 13.8. The molecule has 0 radical (unpaired) electrons. The van der Waals surface area contributed by atoms with Crippen LogP contribution in [-0.4, -0.2) is 18.2 Å². The molecule has 134 valence electrons. The lowest BCUT2D eigenvalue weighted by Crippen LogP contribution is -2.14. The number of nitriles is 2. The van der Waals surface area contributed by atoms with Crippen LogP contribution in [0.2, 0.25) is 5.02 Å². The van der Waals surface area contributed by atoms with E-state index in [-0.39, 0.29) is 28.5 Å². The summed E-state index contributed by atoms with van der Waals surface area (Å²) >= 11 is 5.91. The van der Waals surface area contributed by atoms with E-state index in [4.69, 9.17) is 16.9 Å². The third-order valence-electron chi connectivity index (χ3n) is 3.70. The molecule has 1 N–H and O–H groups in total. The molecule has 0 amide bonds. The Morgan fingerprint density at radius 2 is 1.74 bits per heavy atom. The van der Waals surface area contributed by atoms with Crippen LogP contribution in [0.4, 0.5) is 5.82 Å². The molecule has 0 atom stereocenters. The molecule has 2 aromatic carbocycles. The zero-order chi connectivity index (χ0) is 19.4. The molecule has 3 aromatic rings. The fraction of sp³-hybridized carbons (Fsp3) is 0.0556. The highest BCUT2D eigenvalue weighted by atomic mass is 35.5. The molecule has 0 saturated carbocycles. The Labute approximate surface area is 161 Å². The third kappa shape index (κ3) is 3.77. The van der Waals surface area contributed by atoms with Crippen molar-refractivity contribution in [2.24, 2.45) is 0 Å². The van der Waals surface area contributed by atoms with Gasteiger partial charge in [0.2, 0.25) is 0 Å². The highest BCUT2D eigenvalue weighted by Gasteiger charge is 2.24. The highest BCUT2D eigenvalue weighted by molar-refractivity contribution is 7.92. The molecule has 0 bridgehead atoms. The summed E-state index contributed by atoms with van der Waals surface area (Å²) in [5.74, 6) is -0.0343. The van der Waals surface area contributed by atoms with E-state index in [1.165, 1.54) is 12.1 Å². The average molecular weight is 398 g/mol. The minimum Gasteiger partial charge on any atom is -0.261 e. The number of benzene rings is 2. The summed E-state index contributed by atoms with van der Waals surface area (Å²) in [7, 11) is -3.92. The summed E-state index contributed by atoms with van der Waals surface area (Å²) in [6.45, 7) is -0.198. The molecule has 0 saturated heterocycles. The molecule has 7 nitrogen and oxygen atoms in total. The van der Waals surface area contributed by atoms with Crippen molar-refractivity contribution in [3.05, 3.63) is 65.3 Å². The van der Waals surface area contributed by atoms with Crippen molar-refractivity contribution in [1.82, 2.24) is 9.78 Å². The molecule has 0 aliphatic rings. The maximum absolute atomic E-state index is 12.7. The van der Waals surface area contributed by atoms with Crippen LogP contribution in [0.15, 0.2) is 59.5 Å². The lowest BCUT2D eigenvalue weighted by atomic mass is 10.1. The molecular weight excluding hydrogens is 386 g/mol. The average Bonchev–Trinajstić information content (AvgIpc) is 2.99. The monoisotopic (exact) mass is 397 g/mol. The van der Waals surface area contributed by atoms with Crippen molar-refractivity contribution in [1.29, 1.82) is 10.5 Å². The largest absolute Gasteiger partial charge is 0.263 e. The normalized spacial score (nSPS) is 10.8. The predicted molar refractivity (Wildman–Crippen MR) is 100 cm³/mol. The second-order valence-corrected chi connectivity index (χ2v) is 7.54. The summed E-state index contributed by atoms with van der Waals surface area (Å²) < 4.78 is 28.9. The van der Waals surface area contributed by atoms with E-state index in [1.54, 1.807) is 42.5 Å². The smallest absolute Gasteiger partial charge is 0.261 e. The third-order valence-corrected chi connectivity index (χ3v) is 5.30. The topological polar surface area (TPSA) is 112 Å². The number of nitrogens with one attached hydrogen (secondary N) is 1. The van der Waals surface area contributed by atoms with Gasteiger partial charge in [0.25, 0.3) is 10.0 Å². The van der Waals surface area contributed by atoms with Crippen molar-refractivity contribution in [3.8, 4) is 23.3 Å². The van der Waals surface area contributed by atoms with Gasteiger partial charge < -0.3 is 0 Å². The van der Waals surface area contributed by atoms with Crippen molar-refractivity contribution >= 4 is 27.4 Å². The minimum absolute atomic E-state index is 0.0343. The van der Waals surface area contributed by atoms with Gasteiger partial charge >= 0.3 is 0 Å². The van der Waals surface area contributed by atoms with Crippen LogP contribution in [0.25, 0.3) is 11.1 Å². The van der Waals surface area contributed by atoms with Crippen molar-refractivity contribution in [3.63, 3.8) is 0 Å². The summed E-state index contributed by atoms with van der Waals surface area (Å²) in [5.41, 5.74) is 0.902. The van der Waals surface area contributed by atoms with Gasteiger partial charge in [-0.1, -0.05) is 41.9 Å². The molecule has 0 unspecified atom stereocenters. The van der Waals surface area contributed by atoms with Gasteiger partial charge in [-0.25, -0.2) is 13.1 Å². The molecule has 0 aliphatic carbocycles. The van der Waals surface area contributed by atoms with Gasteiger partial charge in [0.05, 0.1) is 16.5 Å². The van der Waals surface area contributed by atoms with Crippen LogP contribution in [0.5, 0.6) is 0 Å². The van der Waals surface area contributed by atoms with Gasteiger partial charge in [-0.3, -0.25) is 4.72 Å². The van der Waals surface area contributed by atoms with E-state index in [0.717, 1.165) is 4.68 Å². The molecule has 1 heterocycles. The molecule has 27 heavy (non-hydrogen) atoms. The van der Waals surface area contributed by atoms with E-state index in [0.29, 0.717) is 10.6 Å². The number of rotatable bonds is 5. The highest BCUT2D eigenvalue weighted by Crippen LogP contribution is 2.33. The maximum atomic E-state index is 12.7. The van der Waals surface area contributed by atoms with Crippen LogP contribution in [-0.2, 0) is 16.6 Å². The molecule has 3 rings (SSSR count).